The van der Waals surface area contributed by atoms with E-state index in [9.17, 15) is 4.79 Å². The highest BCUT2D eigenvalue weighted by molar-refractivity contribution is 5.62. The van der Waals surface area contributed by atoms with Gasteiger partial charge in [0.1, 0.15) is 5.75 Å². The first kappa shape index (κ1) is 16.5. The van der Waals surface area contributed by atoms with Crippen LogP contribution in [0.1, 0.15) is 63.0 Å². The van der Waals surface area contributed by atoms with Crippen molar-refractivity contribution in [3.8, 4) is 5.75 Å². The van der Waals surface area contributed by atoms with Gasteiger partial charge in [0.2, 0.25) is 0 Å². The Morgan fingerprint density at radius 3 is 2.40 bits per heavy atom. The van der Waals surface area contributed by atoms with Crippen molar-refractivity contribution in [2.75, 3.05) is 0 Å². The lowest BCUT2D eigenvalue weighted by Gasteiger charge is -2.11. The fraction of sp³-hybridized carbons (Fsp3) is 0.588. The molecule has 20 heavy (non-hydrogen) atoms. The van der Waals surface area contributed by atoms with Crippen molar-refractivity contribution in [3.05, 3.63) is 29.3 Å². The van der Waals surface area contributed by atoms with Gasteiger partial charge in [-0.25, -0.2) is 4.79 Å². The summed E-state index contributed by atoms with van der Waals surface area (Å²) >= 11 is 0. The fourth-order valence-corrected chi connectivity index (χ4v) is 2.44. The van der Waals surface area contributed by atoms with E-state index in [2.05, 4.69) is 6.92 Å². The van der Waals surface area contributed by atoms with Crippen LogP contribution in [0.15, 0.2) is 18.2 Å². The van der Waals surface area contributed by atoms with E-state index in [4.69, 9.17) is 9.84 Å². The predicted octanol–water partition coefficient (Wildman–Crippen LogP) is 5.34. The van der Waals surface area contributed by atoms with Crippen LogP contribution >= 0.6 is 0 Å². The van der Waals surface area contributed by atoms with Gasteiger partial charge >= 0.3 is 6.16 Å². The molecule has 1 aromatic carbocycles. The summed E-state index contributed by atoms with van der Waals surface area (Å²) < 4.78 is 4.85. The predicted molar refractivity (Wildman–Crippen MR) is 81.5 cm³/mol. The Bertz CT molecular complexity index is 413. The zero-order valence-electron chi connectivity index (χ0n) is 12.7. The molecule has 0 saturated carbocycles. The van der Waals surface area contributed by atoms with E-state index in [0.717, 1.165) is 24.0 Å². The van der Waals surface area contributed by atoms with Crippen molar-refractivity contribution < 1.29 is 14.6 Å². The molecule has 0 spiro atoms. The highest BCUT2D eigenvalue weighted by Gasteiger charge is 2.09. The molecule has 0 amide bonds. The number of carboxylic acid groups (broad SMARTS) is 1. The van der Waals surface area contributed by atoms with Crippen LogP contribution in [0, 0.1) is 6.92 Å². The Hall–Kier alpha value is -1.51. The van der Waals surface area contributed by atoms with E-state index in [1.54, 1.807) is 6.07 Å². The molecule has 0 bridgehead atoms. The molecule has 1 rings (SSSR count). The number of aryl methyl sites for hydroxylation is 1. The van der Waals surface area contributed by atoms with Crippen LogP contribution in [-0.4, -0.2) is 11.3 Å². The average Bonchev–Trinajstić information content (AvgIpc) is 2.40. The minimum Gasteiger partial charge on any atom is -0.449 e. The van der Waals surface area contributed by atoms with E-state index < -0.39 is 6.16 Å². The first-order chi connectivity index (χ1) is 9.65. The highest BCUT2D eigenvalue weighted by atomic mass is 16.7. The van der Waals surface area contributed by atoms with Crippen molar-refractivity contribution in [1.29, 1.82) is 0 Å². The monoisotopic (exact) mass is 278 g/mol. The molecule has 0 aromatic heterocycles. The maximum atomic E-state index is 10.7. The summed E-state index contributed by atoms with van der Waals surface area (Å²) in [7, 11) is 0. The van der Waals surface area contributed by atoms with E-state index in [0.29, 0.717) is 5.75 Å². The van der Waals surface area contributed by atoms with Gasteiger partial charge in [0, 0.05) is 0 Å². The Labute approximate surface area is 122 Å². The summed E-state index contributed by atoms with van der Waals surface area (Å²) in [6.45, 7) is 4.23. The third-order valence-corrected chi connectivity index (χ3v) is 3.59. The standard InChI is InChI=1S/C17H26O3/c1-3-4-5-6-7-8-9-12-15-14(2)11-10-13-16(15)20-17(18)19/h10-11,13H,3-9,12H2,1-2H3,(H,18,19). The van der Waals surface area contributed by atoms with Gasteiger partial charge in [-0.2, -0.15) is 0 Å². The number of ether oxygens (including phenoxy) is 1. The lowest BCUT2D eigenvalue weighted by Crippen LogP contribution is -2.06. The van der Waals surface area contributed by atoms with Crippen molar-refractivity contribution in [3.63, 3.8) is 0 Å². The topological polar surface area (TPSA) is 46.5 Å². The van der Waals surface area contributed by atoms with Crippen molar-refractivity contribution in [2.24, 2.45) is 0 Å². The molecule has 0 heterocycles. The van der Waals surface area contributed by atoms with Crippen LogP contribution in [0.3, 0.4) is 0 Å². The Morgan fingerprint density at radius 2 is 1.75 bits per heavy atom. The molecule has 0 saturated heterocycles. The molecular weight excluding hydrogens is 252 g/mol. The van der Waals surface area contributed by atoms with Crippen LogP contribution < -0.4 is 4.74 Å². The lowest BCUT2D eigenvalue weighted by molar-refractivity contribution is 0.144. The van der Waals surface area contributed by atoms with Gasteiger partial charge in [-0.3, -0.25) is 0 Å². The second-order valence-electron chi connectivity index (χ2n) is 5.29. The number of unbranched alkanes of at least 4 members (excludes halogenated alkanes) is 6. The van der Waals surface area contributed by atoms with Crippen LogP contribution in [0.2, 0.25) is 0 Å². The zero-order valence-corrected chi connectivity index (χ0v) is 12.7. The maximum Gasteiger partial charge on any atom is 0.511 e. The van der Waals surface area contributed by atoms with Gasteiger partial charge in [0.25, 0.3) is 0 Å². The third-order valence-electron chi connectivity index (χ3n) is 3.59. The van der Waals surface area contributed by atoms with Gasteiger partial charge in [0.15, 0.2) is 0 Å². The fourth-order valence-electron chi connectivity index (χ4n) is 2.44. The number of hydrogen-bond acceptors (Lipinski definition) is 2. The number of hydrogen-bond donors (Lipinski definition) is 1. The molecule has 3 nitrogen and oxygen atoms in total. The Morgan fingerprint density at radius 1 is 1.10 bits per heavy atom. The van der Waals surface area contributed by atoms with E-state index in [1.807, 2.05) is 19.1 Å². The lowest BCUT2D eigenvalue weighted by atomic mass is 10.00. The molecule has 3 heteroatoms. The van der Waals surface area contributed by atoms with Gasteiger partial charge < -0.3 is 9.84 Å². The second kappa shape index (κ2) is 9.40. The number of rotatable bonds is 9. The maximum absolute atomic E-state index is 10.7. The van der Waals surface area contributed by atoms with Crippen molar-refractivity contribution >= 4 is 6.16 Å². The molecule has 1 N–H and O–H groups in total. The zero-order chi connectivity index (χ0) is 14.8. The minimum absolute atomic E-state index is 0.489. The SMILES string of the molecule is CCCCCCCCCc1c(C)cccc1OC(=O)O. The van der Waals surface area contributed by atoms with E-state index in [1.165, 1.54) is 38.5 Å². The van der Waals surface area contributed by atoms with Gasteiger partial charge in [-0.15, -0.1) is 0 Å². The molecule has 0 aliphatic heterocycles. The minimum atomic E-state index is -1.24. The molecule has 0 atom stereocenters. The Balaban J connectivity index is 2.40. The summed E-state index contributed by atoms with van der Waals surface area (Å²) in [5.41, 5.74) is 2.14. The molecule has 0 radical (unpaired) electrons. The largest absolute Gasteiger partial charge is 0.511 e. The van der Waals surface area contributed by atoms with Gasteiger partial charge in [-0.1, -0.05) is 57.6 Å². The molecule has 112 valence electrons. The first-order valence-corrected chi connectivity index (χ1v) is 7.64. The summed E-state index contributed by atoms with van der Waals surface area (Å²) in [4.78, 5) is 10.7. The summed E-state index contributed by atoms with van der Waals surface area (Å²) in [5, 5.41) is 8.75. The van der Waals surface area contributed by atoms with Crippen LogP contribution in [0.4, 0.5) is 4.79 Å². The Kier molecular flexibility index (Phi) is 7.78. The second-order valence-corrected chi connectivity index (χ2v) is 5.29. The van der Waals surface area contributed by atoms with E-state index >= 15 is 0 Å². The first-order valence-electron chi connectivity index (χ1n) is 7.64. The molecule has 0 fully saturated rings. The smallest absolute Gasteiger partial charge is 0.449 e. The van der Waals surface area contributed by atoms with Gasteiger partial charge in [-0.05, 0) is 37.0 Å². The quantitative estimate of drug-likeness (QED) is 0.376. The third kappa shape index (κ3) is 6.09. The molecule has 0 unspecified atom stereocenters. The van der Waals surface area contributed by atoms with Crippen LogP contribution in [-0.2, 0) is 6.42 Å². The summed E-state index contributed by atoms with van der Waals surface area (Å²) in [6, 6.07) is 5.57. The highest BCUT2D eigenvalue weighted by Crippen LogP contribution is 2.24. The van der Waals surface area contributed by atoms with Crippen molar-refractivity contribution in [1.82, 2.24) is 0 Å². The normalized spacial score (nSPS) is 10.5. The average molecular weight is 278 g/mol. The van der Waals surface area contributed by atoms with E-state index in [-0.39, 0.29) is 0 Å². The molecule has 0 aliphatic carbocycles. The molecular formula is C17H26O3. The summed E-state index contributed by atoms with van der Waals surface area (Å²) in [6.07, 6.45) is 8.44. The van der Waals surface area contributed by atoms with Crippen LogP contribution in [0.25, 0.3) is 0 Å². The number of benzene rings is 1. The summed E-state index contributed by atoms with van der Waals surface area (Å²) in [5.74, 6) is 0.489. The van der Waals surface area contributed by atoms with Crippen LogP contribution in [0.5, 0.6) is 5.75 Å². The van der Waals surface area contributed by atoms with Gasteiger partial charge in [0.05, 0.1) is 0 Å². The van der Waals surface area contributed by atoms with Crippen molar-refractivity contribution in [2.45, 2.75) is 65.2 Å². The molecule has 0 aliphatic rings. The molecule has 1 aromatic rings. The number of carbonyl (C=O) groups is 1.